The third-order valence-electron chi connectivity index (χ3n) is 2.50. The van der Waals surface area contributed by atoms with Gasteiger partial charge in [0.25, 0.3) is 0 Å². The van der Waals surface area contributed by atoms with Gasteiger partial charge in [0.2, 0.25) is 6.29 Å². The molecule has 0 spiro atoms. The average molecular weight is 332 g/mol. The Morgan fingerprint density at radius 3 is 2.33 bits per heavy atom. The minimum absolute atomic E-state index is 0.368. The highest BCUT2D eigenvalue weighted by Gasteiger charge is 2.56. The fraction of sp³-hybridized carbons (Fsp3) is 0.750. The van der Waals surface area contributed by atoms with E-state index in [1.165, 1.54) is 0 Å². The van der Waals surface area contributed by atoms with Crippen LogP contribution < -0.4 is 0 Å². The van der Waals surface area contributed by atoms with Gasteiger partial charge in [-0.15, -0.1) is 0 Å². The number of carbonyl (C=O) groups excluding carboxylic acids is 2. The van der Waals surface area contributed by atoms with Gasteiger partial charge in [-0.3, -0.25) is 9.32 Å². The topological polar surface area (TPSA) is 200 Å². The molecule has 0 saturated carbocycles. The molecular formula is C8H13O12P. The monoisotopic (exact) mass is 332 g/mol. The minimum Gasteiger partial charge on any atom is -0.400 e. The van der Waals surface area contributed by atoms with Gasteiger partial charge >= 0.3 is 19.8 Å². The maximum Gasteiger partial charge on any atom is 0.469 e. The van der Waals surface area contributed by atoms with Crippen LogP contribution in [0.2, 0.25) is 0 Å². The Balaban J connectivity index is 2.89. The third kappa shape index (κ3) is 4.51. The molecule has 1 saturated heterocycles. The molecule has 5 atom stereocenters. The number of phosphoric acid groups is 1. The summed E-state index contributed by atoms with van der Waals surface area (Å²) in [5, 5.41) is 38.3. The number of aliphatic hydroxyl groups excluding tert-OH is 3. The molecule has 0 aromatic carbocycles. The van der Waals surface area contributed by atoms with Crippen molar-refractivity contribution in [3.05, 3.63) is 0 Å². The largest absolute Gasteiger partial charge is 0.469 e. The highest BCUT2D eigenvalue weighted by atomic mass is 31.2. The van der Waals surface area contributed by atoms with Crippen molar-refractivity contribution in [2.45, 2.75) is 30.4 Å². The highest BCUT2D eigenvalue weighted by molar-refractivity contribution is 7.46. The number of aldehydes is 1. The number of ether oxygens (including phenoxy) is 2. The highest BCUT2D eigenvalue weighted by Crippen LogP contribution is 2.38. The van der Waals surface area contributed by atoms with Crippen LogP contribution in [0, 0.1) is 0 Å². The van der Waals surface area contributed by atoms with Gasteiger partial charge in [0.15, 0.2) is 6.10 Å². The summed E-state index contributed by atoms with van der Waals surface area (Å²) in [5.41, 5.74) is 0. The second-order valence-corrected chi connectivity index (χ2v) is 5.28. The molecule has 0 aromatic rings. The molecule has 1 aliphatic heterocycles. The second-order valence-electron chi connectivity index (χ2n) is 4.04. The molecule has 122 valence electrons. The van der Waals surface area contributed by atoms with Crippen molar-refractivity contribution in [3.8, 4) is 0 Å². The van der Waals surface area contributed by atoms with Crippen LogP contribution in [0.4, 0.5) is 0 Å². The Hall–Kier alpha value is -0.950. The molecule has 0 aromatic heterocycles. The molecule has 0 amide bonds. The zero-order chi connectivity index (χ0) is 16.4. The second kappa shape index (κ2) is 6.44. The molecule has 1 rings (SSSR count). The van der Waals surface area contributed by atoms with Crippen LogP contribution in [0.5, 0.6) is 0 Å². The summed E-state index contributed by atoms with van der Waals surface area (Å²) in [5.74, 6) is -4.87. The number of phosphoric ester groups is 1. The molecule has 1 aliphatic rings. The van der Waals surface area contributed by atoms with Gasteiger partial charge in [0, 0.05) is 0 Å². The maximum absolute atomic E-state index is 10.8. The maximum atomic E-state index is 10.8. The predicted octanol–water partition coefficient (Wildman–Crippen LogP) is -4.03. The normalized spacial score (nSPS) is 37.0. The molecule has 12 nitrogen and oxygen atoms in total. The summed E-state index contributed by atoms with van der Waals surface area (Å²) in [6.45, 7) is -1.02. The first kappa shape index (κ1) is 18.1. The van der Waals surface area contributed by atoms with Gasteiger partial charge in [0.05, 0.1) is 6.61 Å². The van der Waals surface area contributed by atoms with Gasteiger partial charge in [-0.05, 0) is 0 Å². The predicted molar refractivity (Wildman–Crippen MR) is 58.0 cm³/mol. The van der Waals surface area contributed by atoms with Gasteiger partial charge in [-0.25, -0.2) is 9.36 Å². The lowest BCUT2D eigenvalue weighted by Gasteiger charge is -2.43. The van der Waals surface area contributed by atoms with Gasteiger partial charge in [0.1, 0.15) is 18.3 Å². The van der Waals surface area contributed by atoms with Gasteiger partial charge < -0.3 is 39.7 Å². The van der Waals surface area contributed by atoms with Crippen LogP contribution >= 0.6 is 7.82 Å². The number of carbonyl (C=O) groups is 2. The molecule has 0 radical (unpaired) electrons. The van der Waals surface area contributed by atoms with Crippen LogP contribution in [0.3, 0.4) is 0 Å². The van der Waals surface area contributed by atoms with Crippen molar-refractivity contribution >= 4 is 20.1 Å². The fourth-order valence-corrected chi connectivity index (χ4v) is 1.88. The number of rotatable bonds is 5. The van der Waals surface area contributed by atoms with Gasteiger partial charge in [-0.2, -0.15) is 0 Å². The number of aliphatic hydroxyl groups is 4. The number of hydrogen-bond donors (Lipinski definition) is 6. The van der Waals surface area contributed by atoms with Crippen LogP contribution in [0.25, 0.3) is 0 Å². The molecule has 0 aliphatic carbocycles. The van der Waals surface area contributed by atoms with Crippen molar-refractivity contribution < 1.29 is 58.4 Å². The minimum atomic E-state index is -4.95. The third-order valence-corrected chi connectivity index (χ3v) is 2.98. The van der Waals surface area contributed by atoms with E-state index < -0.39 is 50.8 Å². The summed E-state index contributed by atoms with van der Waals surface area (Å²) in [6, 6.07) is 0. The Morgan fingerprint density at radius 2 is 1.86 bits per heavy atom. The molecule has 13 heteroatoms. The summed E-state index contributed by atoms with van der Waals surface area (Å²) in [4.78, 5) is 38.0. The van der Waals surface area contributed by atoms with E-state index in [0.717, 1.165) is 0 Å². The van der Waals surface area contributed by atoms with Crippen molar-refractivity contribution in [3.63, 3.8) is 0 Å². The standard InChI is InChI=1S/C8H13O12P/c9-1-4(10)20-8(14)7(13)6(12)5(11)3(19-8)2-18-21(15,16)17/h1,3,5-7,11-14H,2H2,(H2,15,16,17)/t3-,5-,6+,7-,8+/m1/s1. The summed E-state index contributed by atoms with van der Waals surface area (Å²) in [6.07, 6.45) is -8.54. The summed E-state index contributed by atoms with van der Waals surface area (Å²) in [7, 11) is -4.95. The van der Waals surface area contributed by atoms with Crippen molar-refractivity contribution in [2.24, 2.45) is 0 Å². The molecule has 1 fully saturated rings. The van der Waals surface area contributed by atoms with Crippen molar-refractivity contribution in [2.75, 3.05) is 6.61 Å². The van der Waals surface area contributed by atoms with E-state index in [1.807, 2.05) is 0 Å². The lowest BCUT2D eigenvalue weighted by Crippen LogP contribution is -2.66. The van der Waals surface area contributed by atoms with Gasteiger partial charge in [-0.1, -0.05) is 0 Å². The Bertz CT molecular complexity index is 447. The smallest absolute Gasteiger partial charge is 0.400 e. The van der Waals surface area contributed by atoms with Crippen LogP contribution in [-0.4, -0.2) is 79.5 Å². The first-order valence-corrected chi connectivity index (χ1v) is 6.86. The van der Waals surface area contributed by atoms with E-state index in [9.17, 15) is 34.6 Å². The number of esters is 1. The van der Waals surface area contributed by atoms with Crippen molar-refractivity contribution in [1.29, 1.82) is 0 Å². The Labute approximate surface area is 116 Å². The molecule has 0 unspecified atom stereocenters. The molecule has 1 heterocycles. The first-order chi connectivity index (χ1) is 9.50. The average Bonchev–Trinajstić information content (AvgIpc) is 2.38. The fourth-order valence-electron chi connectivity index (χ4n) is 1.53. The van der Waals surface area contributed by atoms with E-state index >= 15 is 0 Å². The summed E-state index contributed by atoms with van der Waals surface area (Å²) < 4.78 is 23.2. The van der Waals surface area contributed by atoms with E-state index in [1.54, 1.807) is 0 Å². The zero-order valence-corrected chi connectivity index (χ0v) is 11.1. The van der Waals surface area contributed by atoms with E-state index in [-0.39, 0.29) is 6.29 Å². The molecule has 21 heavy (non-hydrogen) atoms. The van der Waals surface area contributed by atoms with Crippen LogP contribution in [0.1, 0.15) is 0 Å². The number of hydrogen-bond acceptors (Lipinski definition) is 10. The van der Waals surface area contributed by atoms with Crippen molar-refractivity contribution in [1.82, 2.24) is 0 Å². The Kier molecular flexibility index (Phi) is 5.55. The van der Waals surface area contributed by atoms with Crippen LogP contribution in [0.15, 0.2) is 0 Å². The SMILES string of the molecule is O=CC(=O)O[C@@]1(O)O[C@H](COP(=O)(O)O)[C@@H](O)[C@H](O)[C@H]1O. The summed E-state index contributed by atoms with van der Waals surface area (Å²) >= 11 is 0. The van der Waals surface area contributed by atoms with E-state index in [4.69, 9.17) is 9.79 Å². The van der Waals surface area contributed by atoms with Crippen LogP contribution in [-0.2, 0) is 28.2 Å². The van der Waals surface area contributed by atoms with E-state index in [0.29, 0.717) is 0 Å². The first-order valence-electron chi connectivity index (χ1n) is 5.33. The lowest BCUT2D eigenvalue weighted by molar-refractivity contribution is -0.432. The zero-order valence-electron chi connectivity index (χ0n) is 10.2. The molecule has 6 N–H and O–H groups in total. The Morgan fingerprint density at radius 1 is 1.29 bits per heavy atom. The lowest BCUT2D eigenvalue weighted by atomic mass is 9.98. The van der Waals surface area contributed by atoms with E-state index in [2.05, 4.69) is 14.0 Å². The molecular weight excluding hydrogens is 319 g/mol. The molecule has 0 bridgehead atoms. The quantitative estimate of drug-likeness (QED) is 0.0937.